The molecule has 0 saturated carbocycles. The van der Waals surface area contributed by atoms with Gasteiger partial charge in [0.1, 0.15) is 0 Å². The van der Waals surface area contributed by atoms with E-state index in [2.05, 4.69) is 22.0 Å². The second kappa shape index (κ2) is 4.57. The topological polar surface area (TPSA) is 42.1 Å². The fourth-order valence-electron chi connectivity index (χ4n) is 2.07. The van der Waals surface area contributed by atoms with Gasteiger partial charge in [-0.15, -0.1) is 0 Å². The molecule has 2 N–H and O–H groups in total. The summed E-state index contributed by atoms with van der Waals surface area (Å²) in [5.74, 6) is 0.638. The molecule has 80 valence electrons. The second-order valence-corrected chi connectivity index (χ2v) is 4.30. The SMILES string of the molecule is NC(=S)N1CCC(c2ccncc2)CC1. The first-order valence-electron chi connectivity index (χ1n) is 5.21. The fourth-order valence-corrected chi connectivity index (χ4v) is 2.25. The molecule has 15 heavy (non-hydrogen) atoms. The van der Waals surface area contributed by atoms with Gasteiger partial charge in [-0.05, 0) is 48.7 Å². The predicted octanol–water partition coefficient (Wildman–Crippen LogP) is 1.50. The average molecular weight is 221 g/mol. The molecule has 0 radical (unpaired) electrons. The van der Waals surface area contributed by atoms with Crippen LogP contribution in [-0.2, 0) is 0 Å². The fraction of sp³-hybridized carbons (Fsp3) is 0.455. The number of piperidine rings is 1. The van der Waals surface area contributed by atoms with Crippen molar-refractivity contribution in [3.05, 3.63) is 30.1 Å². The zero-order valence-electron chi connectivity index (χ0n) is 8.60. The smallest absolute Gasteiger partial charge is 0.166 e. The van der Waals surface area contributed by atoms with Gasteiger partial charge in [-0.1, -0.05) is 0 Å². The van der Waals surface area contributed by atoms with Crippen LogP contribution in [0.25, 0.3) is 0 Å². The van der Waals surface area contributed by atoms with Gasteiger partial charge in [0.2, 0.25) is 0 Å². The second-order valence-electron chi connectivity index (χ2n) is 3.88. The first-order valence-corrected chi connectivity index (χ1v) is 5.62. The van der Waals surface area contributed by atoms with Gasteiger partial charge in [-0.2, -0.15) is 0 Å². The number of rotatable bonds is 1. The molecule has 0 bridgehead atoms. The summed E-state index contributed by atoms with van der Waals surface area (Å²) in [4.78, 5) is 6.11. The number of hydrogen-bond acceptors (Lipinski definition) is 2. The van der Waals surface area contributed by atoms with Crippen molar-refractivity contribution in [1.82, 2.24) is 9.88 Å². The quantitative estimate of drug-likeness (QED) is 0.730. The van der Waals surface area contributed by atoms with Crippen LogP contribution >= 0.6 is 12.2 Å². The lowest BCUT2D eigenvalue weighted by Gasteiger charge is -2.32. The molecule has 0 atom stereocenters. The molecule has 4 heteroatoms. The zero-order valence-corrected chi connectivity index (χ0v) is 9.41. The van der Waals surface area contributed by atoms with E-state index >= 15 is 0 Å². The zero-order chi connectivity index (χ0) is 10.7. The van der Waals surface area contributed by atoms with Crippen molar-refractivity contribution < 1.29 is 0 Å². The van der Waals surface area contributed by atoms with Crippen LogP contribution in [0.4, 0.5) is 0 Å². The summed E-state index contributed by atoms with van der Waals surface area (Å²) in [6, 6.07) is 4.20. The summed E-state index contributed by atoms with van der Waals surface area (Å²) in [6.07, 6.45) is 5.97. The molecule has 0 unspecified atom stereocenters. The maximum absolute atomic E-state index is 5.60. The van der Waals surface area contributed by atoms with Crippen LogP contribution in [0, 0.1) is 0 Å². The van der Waals surface area contributed by atoms with E-state index in [1.165, 1.54) is 5.56 Å². The Morgan fingerprint density at radius 3 is 2.47 bits per heavy atom. The Labute approximate surface area is 95.3 Å². The Bertz CT molecular complexity index is 331. The summed E-state index contributed by atoms with van der Waals surface area (Å²) < 4.78 is 0. The molecular weight excluding hydrogens is 206 g/mol. The van der Waals surface area contributed by atoms with Crippen LogP contribution < -0.4 is 5.73 Å². The minimum absolute atomic E-state index is 0.531. The van der Waals surface area contributed by atoms with E-state index in [9.17, 15) is 0 Å². The van der Waals surface area contributed by atoms with Crippen molar-refractivity contribution in [2.45, 2.75) is 18.8 Å². The Hall–Kier alpha value is -1.16. The summed E-state index contributed by atoms with van der Waals surface area (Å²) in [6.45, 7) is 1.95. The van der Waals surface area contributed by atoms with E-state index in [-0.39, 0.29) is 0 Å². The predicted molar refractivity (Wildman–Crippen MR) is 64.6 cm³/mol. The van der Waals surface area contributed by atoms with Crippen molar-refractivity contribution in [3.63, 3.8) is 0 Å². The molecule has 0 aliphatic carbocycles. The van der Waals surface area contributed by atoms with Crippen LogP contribution in [0.15, 0.2) is 24.5 Å². The number of nitrogens with zero attached hydrogens (tertiary/aromatic N) is 2. The van der Waals surface area contributed by atoms with Gasteiger partial charge >= 0.3 is 0 Å². The molecule has 0 aromatic carbocycles. The highest BCUT2D eigenvalue weighted by Crippen LogP contribution is 2.27. The third-order valence-electron chi connectivity index (χ3n) is 2.98. The third kappa shape index (κ3) is 2.45. The number of hydrogen-bond donors (Lipinski definition) is 1. The molecule has 3 nitrogen and oxygen atoms in total. The monoisotopic (exact) mass is 221 g/mol. The van der Waals surface area contributed by atoms with Gasteiger partial charge in [0.25, 0.3) is 0 Å². The number of thiocarbonyl (C=S) groups is 1. The maximum atomic E-state index is 5.60. The average Bonchev–Trinajstić information content (AvgIpc) is 2.30. The Morgan fingerprint density at radius 1 is 1.33 bits per heavy atom. The van der Waals surface area contributed by atoms with Gasteiger partial charge in [0.15, 0.2) is 5.11 Å². The van der Waals surface area contributed by atoms with E-state index in [0.717, 1.165) is 25.9 Å². The summed E-state index contributed by atoms with van der Waals surface area (Å²) in [5.41, 5.74) is 6.98. The van der Waals surface area contributed by atoms with Gasteiger partial charge in [-0.3, -0.25) is 4.98 Å². The lowest BCUT2D eigenvalue weighted by molar-refractivity contribution is 0.315. The maximum Gasteiger partial charge on any atom is 0.166 e. The van der Waals surface area contributed by atoms with Gasteiger partial charge in [0.05, 0.1) is 0 Å². The van der Waals surface area contributed by atoms with E-state index in [1.807, 2.05) is 12.4 Å². The molecule has 1 aliphatic heterocycles. The van der Waals surface area contributed by atoms with Crippen molar-refractivity contribution in [2.24, 2.45) is 5.73 Å². The van der Waals surface area contributed by atoms with Crippen LogP contribution in [0.5, 0.6) is 0 Å². The first kappa shape index (κ1) is 10.4. The number of likely N-dealkylation sites (tertiary alicyclic amines) is 1. The number of pyridine rings is 1. The van der Waals surface area contributed by atoms with Crippen molar-refractivity contribution >= 4 is 17.3 Å². The van der Waals surface area contributed by atoms with Crippen molar-refractivity contribution in [2.75, 3.05) is 13.1 Å². The van der Waals surface area contributed by atoms with Gasteiger partial charge in [-0.25, -0.2) is 0 Å². The number of nitrogens with two attached hydrogens (primary N) is 1. The molecule has 0 amide bonds. The minimum Gasteiger partial charge on any atom is -0.376 e. The molecule has 2 rings (SSSR count). The third-order valence-corrected chi connectivity index (χ3v) is 3.24. The van der Waals surface area contributed by atoms with Gasteiger partial charge < -0.3 is 10.6 Å². The lowest BCUT2D eigenvalue weighted by Crippen LogP contribution is -2.40. The summed E-state index contributed by atoms with van der Waals surface area (Å²) in [7, 11) is 0. The highest BCUT2D eigenvalue weighted by Gasteiger charge is 2.20. The van der Waals surface area contributed by atoms with Crippen LogP contribution in [0.1, 0.15) is 24.3 Å². The standard InChI is InChI=1S/C11H15N3S/c12-11(15)14-7-3-10(4-8-14)9-1-5-13-6-2-9/h1-2,5-6,10H,3-4,7-8H2,(H2,12,15). The lowest BCUT2D eigenvalue weighted by atomic mass is 9.90. The van der Waals surface area contributed by atoms with Crippen LogP contribution in [0.2, 0.25) is 0 Å². The highest BCUT2D eigenvalue weighted by atomic mass is 32.1. The molecule has 1 aliphatic rings. The largest absolute Gasteiger partial charge is 0.376 e. The van der Waals surface area contributed by atoms with Crippen molar-refractivity contribution in [3.8, 4) is 0 Å². The normalized spacial score (nSPS) is 17.7. The van der Waals surface area contributed by atoms with Gasteiger partial charge in [0, 0.05) is 25.5 Å². The molecule has 0 spiro atoms. The van der Waals surface area contributed by atoms with E-state index < -0.39 is 0 Å². The first-order chi connectivity index (χ1) is 7.27. The molecular formula is C11H15N3S. The Balaban J connectivity index is 1.97. The molecule has 1 aromatic rings. The number of aromatic nitrogens is 1. The summed E-state index contributed by atoms with van der Waals surface area (Å²) in [5, 5.41) is 0.531. The molecule has 1 saturated heterocycles. The Kier molecular flexibility index (Phi) is 3.16. The van der Waals surface area contributed by atoms with Crippen LogP contribution in [0.3, 0.4) is 0 Å². The highest BCUT2D eigenvalue weighted by molar-refractivity contribution is 7.80. The minimum atomic E-state index is 0.531. The van der Waals surface area contributed by atoms with Crippen molar-refractivity contribution in [1.29, 1.82) is 0 Å². The van der Waals surface area contributed by atoms with Crippen LogP contribution in [-0.4, -0.2) is 28.1 Å². The summed E-state index contributed by atoms with van der Waals surface area (Å²) >= 11 is 4.96. The van der Waals surface area contributed by atoms with E-state index in [1.54, 1.807) is 0 Å². The Morgan fingerprint density at radius 2 is 1.93 bits per heavy atom. The molecule has 1 aromatic heterocycles. The van der Waals surface area contributed by atoms with E-state index in [0.29, 0.717) is 11.0 Å². The molecule has 2 heterocycles. The molecule has 1 fully saturated rings. The van der Waals surface area contributed by atoms with E-state index in [4.69, 9.17) is 18.0 Å².